The van der Waals surface area contributed by atoms with Gasteiger partial charge in [0.2, 0.25) is 0 Å². The first-order chi connectivity index (χ1) is 12.2. The third-order valence-electron chi connectivity index (χ3n) is 3.32. The quantitative estimate of drug-likeness (QED) is 0.637. The standard InChI is InChI=1S/2C9H10NO3.Ni/c2*10-8(9(12)13)5-6-1-3-7(11)4-2-6;/h2*1-4,8,10-11H,5H2,(H,12,13);/q2*-1;+2/p-2. The average molecular weight is 417 g/mol. The molecule has 2 rings (SSSR count). The van der Waals surface area contributed by atoms with E-state index in [1.54, 1.807) is 24.3 Å². The Balaban J connectivity index is 0.000000483. The predicted octanol–water partition coefficient (Wildman–Crippen LogP) is 0.208. The van der Waals surface area contributed by atoms with Crippen LogP contribution in [0.25, 0.3) is 11.5 Å². The minimum Gasteiger partial charge on any atom is -0.670 e. The second kappa shape index (κ2) is 11.9. The van der Waals surface area contributed by atoms with Gasteiger partial charge in [-0.3, -0.25) is 0 Å². The van der Waals surface area contributed by atoms with Crippen molar-refractivity contribution in [2.24, 2.45) is 0 Å². The largest absolute Gasteiger partial charge is 2.00 e. The number of hydrogen-bond acceptors (Lipinski definition) is 6. The summed E-state index contributed by atoms with van der Waals surface area (Å²) in [7, 11) is 0. The van der Waals surface area contributed by atoms with Gasteiger partial charge < -0.3 is 41.5 Å². The number of benzene rings is 2. The average Bonchev–Trinajstić information content (AvgIpc) is 2.59. The van der Waals surface area contributed by atoms with Crippen molar-refractivity contribution in [3.8, 4) is 11.5 Å². The van der Waals surface area contributed by atoms with E-state index in [4.69, 9.17) is 21.7 Å². The van der Waals surface area contributed by atoms with Crippen LogP contribution in [0.4, 0.5) is 0 Å². The molecule has 4 N–H and O–H groups in total. The molecule has 0 radical (unpaired) electrons. The zero-order chi connectivity index (χ0) is 19.7. The maximum Gasteiger partial charge on any atom is 2.00 e. The van der Waals surface area contributed by atoms with Gasteiger partial charge in [-0.05, 0) is 48.2 Å². The zero-order valence-corrected chi connectivity index (χ0v) is 15.0. The number of aromatic hydroxyl groups is 2. The number of carboxylic acid groups (broad SMARTS) is 2. The summed E-state index contributed by atoms with van der Waals surface area (Å²) in [5.41, 5.74) is 15.6. The number of carboxylic acids is 2. The summed E-state index contributed by atoms with van der Waals surface area (Å²) in [5, 5.41) is 38.3. The molecule has 0 aliphatic rings. The fourth-order valence-corrected chi connectivity index (χ4v) is 1.90. The van der Waals surface area contributed by atoms with Gasteiger partial charge in [0, 0.05) is 11.9 Å². The second-order valence-electron chi connectivity index (χ2n) is 5.48. The molecule has 0 spiro atoms. The molecule has 0 saturated heterocycles. The first-order valence-electron chi connectivity index (χ1n) is 7.58. The van der Waals surface area contributed by atoms with Crippen molar-refractivity contribution in [2.45, 2.75) is 24.9 Å². The molecule has 0 fully saturated rings. The summed E-state index contributed by atoms with van der Waals surface area (Å²) >= 11 is 0. The molecule has 2 atom stereocenters. The molecule has 27 heavy (non-hydrogen) atoms. The topological polar surface area (TPSA) is 168 Å². The Morgan fingerprint density at radius 2 is 1.00 bits per heavy atom. The molecular weight excluding hydrogens is 399 g/mol. The molecule has 148 valence electrons. The monoisotopic (exact) mass is 416 g/mol. The Labute approximate surface area is 166 Å². The van der Waals surface area contributed by atoms with Gasteiger partial charge in [-0.25, -0.2) is 0 Å². The van der Waals surface area contributed by atoms with Gasteiger partial charge in [0.05, 0.1) is 0 Å². The molecule has 9 heteroatoms. The fourth-order valence-electron chi connectivity index (χ4n) is 1.90. The third-order valence-corrected chi connectivity index (χ3v) is 3.32. The number of carbonyl (C=O) groups excluding carboxylic acids is 2. The Morgan fingerprint density at radius 3 is 1.22 bits per heavy atom. The normalized spacial score (nSPS) is 11.9. The van der Waals surface area contributed by atoms with Crippen molar-refractivity contribution < 1.29 is 46.5 Å². The number of nitrogens with one attached hydrogen (secondary N) is 2. The van der Waals surface area contributed by atoms with Crippen LogP contribution in [-0.2, 0) is 38.9 Å². The van der Waals surface area contributed by atoms with Gasteiger partial charge >= 0.3 is 16.5 Å². The van der Waals surface area contributed by atoms with Crippen molar-refractivity contribution in [1.82, 2.24) is 0 Å². The summed E-state index contributed by atoms with van der Waals surface area (Å²) < 4.78 is 0. The van der Waals surface area contributed by atoms with Crippen LogP contribution in [0.1, 0.15) is 11.1 Å². The Kier molecular flexibility index (Phi) is 10.8. The molecule has 0 aliphatic heterocycles. The van der Waals surface area contributed by atoms with Crippen LogP contribution < -0.4 is 10.2 Å². The Bertz CT molecular complexity index is 658. The molecule has 8 nitrogen and oxygen atoms in total. The molecule has 0 bridgehead atoms. The van der Waals surface area contributed by atoms with Crippen LogP contribution in [0.3, 0.4) is 0 Å². The molecule has 0 aromatic heterocycles. The van der Waals surface area contributed by atoms with Crippen LogP contribution in [0, 0.1) is 0 Å². The summed E-state index contributed by atoms with van der Waals surface area (Å²) in [6.45, 7) is 0. The van der Waals surface area contributed by atoms with Gasteiger partial charge in [-0.2, -0.15) is 0 Å². The molecular formula is C18H18N2NiO6-2. The first kappa shape index (κ1) is 24.4. The SMILES string of the molecule is [NH-]C(Cc1ccc(O)cc1)C(=O)[O-].[NH-]C(Cc1ccc(O)cc1)C(=O)[O-].[Ni+2]. The maximum absolute atomic E-state index is 10.2. The second-order valence-corrected chi connectivity index (χ2v) is 5.48. The van der Waals surface area contributed by atoms with Crippen molar-refractivity contribution in [3.05, 3.63) is 71.1 Å². The van der Waals surface area contributed by atoms with Gasteiger partial charge in [-0.15, -0.1) is 0 Å². The van der Waals surface area contributed by atoms with Crippen molar-refractivity contribution in [3.63, 3.8) is 0 Å². The van der Waals surface area contributed by atoms with Crippen LogP contribution in [0.5, 0.6) is 11.5 Å². The predicted molar refractivity (Wildman–Crippen MR) is 89.9 cm³/mol. The molecule has 0 aliphatic carbocycles. The van der Waals surface area contributed by atoms with E-state index < -0.39 is 24.0 Å². The van der Waals surface area contributed by atoms with Crippen molar-refractivity contribution >= 4 is 11.9 Å². The fraction of sp³-hybridized carbons (Fsp3) is 0.222. The first-order valence-corrected chi connectivity index (χ1v) is 7.58. The van der Waals surface area contributed by atoms with Gasteiger partial charge in [0.25, 0.3) is 0 Å². The Hall–Kier alpha value is -2.61. The van der Waals surface area contributed by atoms with E-state index in [0.717, 1.165) is 0 Å². The zero-order valence-electron chi connectivity index (χ0n) is 14.0. The minimum atomic E-state index is -1.38. The van der Waals surface area contributed by atoms with Gasteiger partial charge in [0.15, 0.2) is 0 Å². The Morgan fingerprint density at radius 1 is 0.741 bits per heavy atom. The number of hydrogen-bond donors (Lipinski definition) is 2. The summed E-state index contributed by atoms with van der Waals surface area (Å²) in [6, 6.07) is 9.66. The van der Waals surface area contributed by atoms with Crippen molar-refractivity contribution in [2.75, 3.05) is 0 Å². The van der Waals surface area contributed by atoms with Gasteiger partial charge in [0.1, 0.15) is 11.5 Å². The number of rotatable bonds is 6. The number of phenolic OH excluding ortho intramolecular Hbond substituents is 2. The van der Waals surface area contributed by atoms with E-state index in [9.17, 15) is 19.8 Å². The van der Waals surface area contributed by atoms with Gasteiger partial charge in [-0.1, -0.05) is 36.3 Å². The van der Waals surface area contributed by atoms with Crippen LogP contribution >= 0.6 is 0 Å². The van der Waals surface area contributed by atoms with E-state index in [1.165, 1.54) is 24.3 Å². The molecule has 2 unspecified atom stereocenters. The number of phenols is 2. The molecule has 0 saturated carbocycles. The molecule has 0 amide bonds. The van der Waals surface area contributed by atoms with E-state index in [0.29, 0.717) is 11.1 Å². The number of aliphatic carboxylic acids is 2. The molecule has 0 heterocycles. The van der Waals surface area contributed by atoms with E-state index >= 15 is 0 Å². The smallest absolute Gasteiger partial charge is 0.670 e. The van der Waals surface area contributed by atoms with Crippen LogP contribution in [0.15, 0.2) is 48.5 Å². The van der Waals surface area contributed by atoms with E-state index in [1.807, 2.05) is 0 Å². The van der Waals surface area contributed by atoms with Crippen molar-refractivity contribution in [1.29, 1.82) is 0 Å². The summed E-state index contributed by atoms with van der Waals surface area (Å²) in [6.07, 6.45) is 0.200. The van der Waals surface area contributed by atoms with Crippen LogP contribution in [-0.4, -0.2) is 34.2 Å². The minimum absolute atomic E-state index is 0. The van der Waals surface area contributed by atoms with Crippen LogP contribution in [0.2, 0.25) is 0 Å². The van der Waals surface area contributed by atoms with E-state index in [2.05, 4.69) is 0 Å². The van der Waals surface area contributed by atoms with E-state index in [-0.39, 0.29) is 40.8 Å². The summed E-state index contributed by atoms with van der Waals surface area (Å²) in [4.78, 5) is 20.4. The third kappa shape index (κ3) is 9.60. The molecule has 2 aromatic rings. The maximum atomic E-state index is 10.2. The molecule has 2 aromatic carbocycles. The number of carbonyl (C=O) groups is 2. The summed E-state index contributed by atoms with van der Waals surface area (Å²) in [5.74, 6) is -2.52.